The number of hydrogen-bond acceptors (Lipinski definition) is 0. The second-order valence-corrected chi connectivity index (χ2v) is 22.7. The molecule has 0 saturated carbocycles. The van der Waals surface area contributed by atoms with Gasteiger partial charge in [-0.1, -0.05) is 0 Å². The van der Waals surface area contributed by atoms with Crippen molar-refractivity contribution in [3.8, 4) is 0 Å². The van der Waals surface area contributed by atoms with Gasteiger partial charge in [0.05, 0.1) is 0 Å². The first-order valence-electron chi connectivity index (χ1n) is 5.72. The molecule has 0 nitrogen and oxygen atoms in total. The molecule has 0 aliphatic carbocycles. The second kappa shape index (κ2) is 4.11. The standard InChI is InChI=1S/C12H20Se2Si2/c1-15(2,3)11-7-9-10(13-11)8-12(14-9)16(4,5)6/h7-8H,1-6H3. The number of hydrogen-bond donors (Lipinski definition) is 0. The molecule has 0 atom stereocenters. The molecule has 2 heterocycles. The van der Waals surface area contributed by atoms with Gasteiger partial charge in [0, 0.05) is 0 Å². The van der Waals surface area contributed by atoms with E-state index in [9.17, 15) is 0 Å². The van der Waals surface area contributed by atoms with Crippen molar-refractivity contribution in [1.82, 2.24) is 0 Å². The molecule has 4 heteroatoms. The predicted molar refractivity (Wildman–Crippen MR) is 83.8 cm³/mol. The third-order valence-electron chi connectivity index (χ3n) is 2.69. The molecule has 2 aromatic rings. The van der Waals surface area contributed by atoms with Gasteiger partial charge in [-0.15, -0.1) is 0 Å². The van der Waals surface area contributed by atoms with Gasteiger partial charge < -0.3 is 0 Å². The van der Waals surface area contributed by atoms with E-state index in [-0.39, 0.29) is 0 Å². The minimum absolute atomic E-state index is 0.683. The van der Waals surface area contributed by atoms with E-state index in [1.165, 1.54) is 0 Å². The van der Waals surface area contributed by atoms with Crippen LogP contribution in [0, 0.1) is 0 Å². The van der Waals surface area contributed by atoms with Crippen molar-refractivity contribution in [3.05, 3.63) is 12.1 Å². The summed E-state index contributed by atoms with van der Waals surface area (Å²) in [6.45, 7) is 14.9. The summed E-state index contributed by atoms with van der Waals surface area (Å²) in [6.07, 6.45) is 0. The molecule has 0 saturated heterocycles. The molecule has 0 aliphatic heterocycles. The van der Waals surface area contributed by atoms with Crippen LogP contribution in [0.5, 0.6) is 0 Å². The van der Waals surface area contributed by atoms with Crippen LogP contribution < -0.4 is 8.12 Å². The monoisotopic (exact) mass is 380 g/mol. The van der Waals surface area contributed by atoms with Crippen molar-refractivity contribution in [3.63, 3.8) is 0 Å². The van der Waals surface area contributed by atoms with Crippen molar-refractivity contribution >= 4 is 61.8 Å². The van der Waals surface area contributed by atoms with Crippen LogP contribution in [-0.4, -0.2) is 45.2 Å². The van der Waals surface area contributed by atoms with Crippen molar-refractivity contribution in [2.75, 3.05) is 0 Å². The molecule has 0 aromatic carbocycles. The quantitative estimate of drug-likeness (QED) is 0.702. The Hall–Kier alpha value is 0.693. The molecule has 0 radical (unpaired) electrons. The van der Waals surface area contributed by atoms with Crippen LogP contribution in [0.2, 0.25) is 39.3 Å². The van der Waals surface area contributed by atoms with E-state index in [4.69, 9.17) is 0 Å². The third kappa shape index (κ3) is 2.58. The Labute approximate surface area is 113 Å². The molecule has 0 bridgehead atoms. The van der Waals surface area contributed by atoms with E-state index < -0.39 is 16.1 Å². The maximum absolute atomic E-state index is 2.59. The zero-order valence-corrected chi connectivity index (χ0v) is 16.4. The van der Waals surface area contributed by atoms with Gasteiger partial charge in [0.2, 0.25) is 0 Å². The Morgan fingerprint density at radius 2 is 1.00 bits per heavy atom. The Kier molecular flexibility index (Phi) is 3.38. The van der Waals surface area contributed by atoms with E-state index in [2.05, 4.69) is 51.4 Å². The fourth-order valence-electron chi connectivity index (χ4n) is 1.57. The molecule has 0 fully saturated rings. The molecule has 88 valence electrons. The van der Waals surface area contributed by atoms with Gasteiger partial charge in [0.15, 0.2) is 0 Å². The molecule has 0 unspecified atom stereocenters. The summed E-state index contributed by atoms with van der Waals surface area (Å²) in [7, 11) is -2.04. The first-order chi connectivity index (χ1) is 7.18. The molecule has 0 amide bonds. The van der Waals surface area contributed by atoms with Gasteiger partial charge in [-0.2, -0.15) is 0 Å². The van der Waals surface area contributed by atoms with Crippen LogP contribution in [-0.2, 0) is 0 Å². The predicted octanol–water partition coefficient (Wildman–Crippen LogP) is 2.04. The van der Waals surface area contributed by atoms with Crippen molar-refractivity contribution in [1.29, 1.82) is 0 Å². The van der Waals surface area contributed by atoms with Gasteiger partial charge in [-0.05, 0) is 0 Å². The average Bonchev–Trinajstić information content (AvgIpc) is 2.53. The fourth-order valence-corrected chi connectivity index (χ4v) is 13.6. The van der Waals surface area contributed by atoms with Crippen LogP contribution in [0.1, 0.15) is 0 Å². The van der Waals surface area contributed by atoms with E-state index >= 15 is 0 Å². The van der Waals surface area contributed by atoms with E-state index in [1.807, 2.05) is 8.12 Å². The number of rotatable bonds is 2. The second-order valence-electron chi connectivity index (χ2n) is 6.45. The molecule has 0 aliphatic rings. The SMILES string of the molecule is C[Si](C)(C)c1cc2[se]c([Si](C)(C)C)cc2[se]1. The minimum atomic E-state index is -1.02. The van der Waals surface area contributed by atoms with Crippen molar-refractivity contribution < 1.29 is 0 Å². The average molecular weight is 378 g/mol. The Morgan fingerprint density at radius 1 is 0.688 bits per heavy atom. The van der Waals surface area contributed by atoms with Gasteiger partial charge >= 0.3 is 113 Å². The zero-order valence-electron chi connectivity index (χ0n) is 11.0. The van der Waals surface area contributed by atoms with E-state index in [1.54, 1.807) is 8.52 Å². The summed E-state index contributed by atoms with van der Waals surface area (Å²) in [5.41, 5.74) is 0. The molecule has 0 N–H and O–H groups in total. The van der Waals surface area contributed by atoms with Crippen molar-refractivity contribution in [2.45, 2.75) is 39.3 Å². The summed E-state index contributed by atoms with van der Waals surface area (Å²) in [4.78, 5) is 0. The number of fused-ring (bicyclic) bond motifs is 1. The van der Waals surface area contributed by atoms with E-state index in [0.717, 1.165) is 0 Å². The van der Waals surface area contributed by atoms with Crippen LogP contribution in [0.15, 0.2) is 12.1 Å². The molecule has 16 heavy (non-hydrogen) atoms. The third-order valence-corrected chi connectivity index (χ3v) is 19.1. The molecule has 0 spiro atoms. The summed E-state index contributed by atoms with van der Waals surface area (Å²) in [5, 5.41) is 0. The fraction of sp³-hybridized carbons (Fsp3) is 0.500. The van der Waals surface area contributed by atoms with Gasteiger partial charge in [-0.3, -0.25) is 0 Å². The first kappa shape index (κ1) is 13.1. The summed E-state index contributed by atoms with van der Waals surface area (Å²) in [5.74, 6) is 0. The normalized spacial score (nSPS) is 13.6. The topological polar surface area (TPSA) is 0 Å². The summed E-state index contributed by atoms with van der Waals surface area (Å²) in [6, 6.07) is 5.18. The Morgan fingerprint density at radius 3 is 1.25 bits per heavy atom. The van der Waals surface area contributed by atoms with Crippen molar-refractivity contribution in [2.24, 2.45) is 0 Å². The Balaban J connectivity index is 2.49. The zero-order chi connectivity index (χ0) is 12.1. The maximum atomic E-state index is 2.59. The van der Waals surface area contributed by atoms with Gasteiger partial charge in [-0.25, -0.2) is 0 Å². The molecule has 2 rings (SSSR count). The first-order valence-corrected chi connectivity index (χ1v) is 16.1. The van der Waals surface area contributed by atoms with Crippen LogP contribution in [0.25, 0.3) is 8.52 Å². The molecule has 2 aromatic heterocycles. The molecular weight excluding hydrogens is 358 g/mol. The van der Waals surface area contributed by atoms with Crippen LogP contribution in [0.4, 0.5) is 0 Å². The van der Waals surface area contributed by atoms with Crippen LogP contribution >= 0.6 is 0 Å². The Bertz CT molecular complexity index is 434. The van der Waals surface area contributed by atoms with E-state index in [0.29, 0.717) is 29.0 Å². The summed E-state index contributed by atoms with van der Waals surface area (Å²) >= 11 is 1.37. The van der Waals surface area contributed by atoms with Crippen LogP contribution in [0.3, 0.4) is 0 Å². The van der Waals surface area contributed by atoms with Gasteiger partial charge in [0.1, 0.15) is 0 Å². The molecular formula is C12H20Se2Si2. The van der Waals surface area contributed by atoms with Gasteiger partial charge in [0.25, 0.3) is 0 Å². The summed E-state index contributed by atoms with van der Waals surface area (Å²) < 4.78 is 7.14.